The minimum atomic E-state index is -4.07. The highest BCUT2D eigenvalue weighted by molar-refractivity contribution is 7.99. The number of aryl methyl sites for hydroxylation is 2. The van der Waals surface area contributed by atoms with Crippen LogP contribution in [0.15, 0.2) is 67.7 Å². The van der Waals surface area contributed by atoms with Crippen molar-refractivity contribution >= 4 is 43.2 Å². The molecule has 8 nitrogen and oxygen atoms in total. The van der Waals surface area contributed by atoms with Crippen LogP contribution in [-0.2, 0) is 20.0 Å². The number of alkyl halides is 2. The second-order valence-electron chi connectivity index (χ2n) is 6.30. The lowest BCUT2D eigenvalue weighted by Gasteiger charge is -2.11. The largest absolute Gasteiger partial charge is 0.360 e. The number of rotatable bonds is 8. The minimum absolute atomic E-state index is 0.0200. The number of nitrogens with zero attached hydrogens (tertiary/aromatic N) is 1. The Morgan fingerprint density at radius 2 is 1.58 bits per heavy atom. The maximum absolute atomic E-state index is 12.7. The lowest BCUT2D eigenvalue weighted by molar-refractivity contribution is 0.252. The normalized spacial score (nSPS) is 12.2. The van der Waals surface area contributed by atoms with Crippen LogP contribution >= 0.6 is 11.8 Å². The van der Waals surface area contributed by atoms with Crippen molar-refractivity contribution in [1.82, 2.24) is 5.16 Å². The van der Waals surface area contributed by atoms with Gasteiger partial charge in [-0.05, 0) is 56.3 Å². The smallest absolute Gasteiger partial charge is 0.288 e. The van der Waals surface area contributed by atoms with E-state index in [0.717, 1.165) is 6.07 Å². The van der Waals surface area contributed by atoms with Gasteiger partial charge >= 0.3 is 0 Å². The average molecular weight is 490 g/mol. The van der Waals surface area contributed by atoms with Crippen LogP contribution in [0.4, 0.5) is 20.2 Å². The number of anilines is 2. The van der Waals surface area contributed by atoms with Crippen molar-refractivity contribution in [3.8, 4) is 0 Å². The zero-order valence-electron chi connectivity index (χ0n) is 16.2. The van der Waals surface area contributed by atoms with Gasteiger partial charge in [-0.3, -0.25) is 9.44 Å². The van der Waals surface area contributed by atoms with Crippen LogP contribution in [0.25, 0.3) is 0 Å². The molecule has 1 aromatic heterocycles. The number of sulfonamides is 2. The van der Waals surface area contributed by atoms with Crippen molar-refractivity contribution < 1.29 is 30.1 Å². The van der Waals surface area contributed by atoms with Gasteiger partial charge in [0, 0.05) is 10.6 Å². The van der Waals surface area contributed by atoms with Gasteiger partial charge in [-0.25, -0.2) is 16.8 Å². The molecule has 0 radical (unpaired) electrons. The quantitative estimate of drug-likeness (QED) is 0.455. The molecule has 31 heavy (non-hydrogen) atoms. The van der Waals surface area contributed by atoms with E-state index in [1.165, 1.54) is 56.3 Å². The van der Waals surface area contributed by atoms with Crippen LogP contribution in [0.3, 0.4) is 0 Å². The lowest BCUT2D eigenvalue weighted by atomic mass is 10.3. The molecule has 0 unspecified atom stereocenters. The summed E-state index contributed by atoms with van der Waals surface area (Å²) < 4.78 is 84.9. The number of aromatic nitrogens is 1. The highest BCUT2D eigenvalue weighted by Gasteiger charge is 2.25. The summed E-state index contributed by atoms with van der Waals surface area (Å²) in [5.74, 6) is -2.48. The number of hydrogen-bond acceptors (Lipinski definition) is 7. The number of halogens is 2. The second-order valence-corrected chi connectivity index (χ2v) is 10.7. The summed E-state index contributed by atoms with van der Waals surface area (Å²) in [6.07, 6.45) is 0. The summed E-state index contributed by atoms with van der Waals surface area (Å²) in [7, 11) is -8.12. The van der Waals surface area contributed by atoms with Crippen molar-refractivity contribution in [2.45, 2.75) is 34.3 Å². The molecule has 3 aromatic rings. The number of nitrogens with one attached hydrogen (secondary N) is 2. The fourth-order valence-electron chi connectivity index (χ4n) is 2.71. The van der Waals surface area contributed by atoms with Crippen molar-refractivity contribution in [3.63, 3.8) is 0 Å². The fraction of sp³-hybridized carbons (Fsp3) is 0.167. The van der Waals surface area contributed by atoms with Crippen molar-refractivity contribution in [1.29, 1.82) is 0 Å². The zero-order valence-corrected chi connectivity index (χ0v) is 18.6. The Morgan fingerprint density at radius 1 is 0.935 bits per heavy atom. The molecule has 0 aliphatic heterocycles. The molecule has 3 rings (SSSR count). The second kappa shape index (κ2) is 8.85. The Balaban J connectivity index is 1.81. The van der Waals surface area contributed by atoms with E-state index in [0.29, 0.717) is 11.8 Å². The molecule has 0 aliphatic rings. The third-order valence-corrected chi connectivity index (χ3v) is 7.69. The Labute approximate surface area is 182 Å². The van der Waals surface area contributed by atoms with E-state index in [9.17, 15) is 25.6 Å². The maximum Gasteiger partial charge on any atom is 0.288 e. The van der Waals surface area contributed by atoms with Gasteiger partial charge in [0.1, 0.15) is 5.69 Å². The number of hydrogen-bond donors (Lipinski definition) is 2. The monoisotopic (exact) mass is 489 g/mol. The standard InChI is InChI=1S/C18H17F2N3O5S3/c1-11-17(12(2)28-21-11)31(26,27)23-14-4-3-5-16(10-14)30(24,25)22-13-6-8-15(9-7-13)29-18(19)20/h3-10,18,22-23H,1-2H3. The van der Waals surface area contributed by atoms with E-state index in [1.807, 2.05) is 0 Å². The minimum Gasteiger partial charge on any atom is -0.360 e. The Bertz CT molecular complexity index is 1270. The van der Waals surface area contributed by atoms with Crippen LogP contribution in [0, 0.1) is 13.8 Å². The summed E-state index contributed by atoms with van der Waals surface area (Å²) in [6.45, 7) is 2.92. The first-order valence-electron chi connectivity index (χ1n) is 8.61. The van der Waals surface area contributed by atoms with Crippen LogP contribution in [0.5, 0.6) is 0 Å². The fourth-order valence-corrected chi connectivity index (χ4v) is 5.69. The first kappa shape index (κ1) is 23.0. The third-order valence-electron chi connectivity index (χ3n) is 3.96. The molecule has 0 saturated carbocycles. The van der Waals surface area contributed by atoms with Crippen molar-refractivity contribution in [3.05, 3.63) is 60.0 Å². The highest BCUT2D eigenvalue weighted by atomic mass is 32.2. The van der Waals surface area contributed by atoms with E-state index < -0.39 is 25.8 Å². The van der Waals surface area contributed by atoms with Gasteiger partial charge in [-0.1, -0.05) is 23.0 Å². The summed E-state index contributed by atoms with van der Waals surface area (Å²) in [5.41, 5.74) is 0.357. The molecule has 0 amide bonds. The van der Waals surface area contributed by atoms with E-state index in [4.69, 9.17) is 4.52 Å². The van der Waals surface area contributed by atoms with Crippen LogP contribution in [-0.4, -0.2) is 27.7 Å². The molecule has 0 aliphatic carbocycles. The molecule has 0 spiro atoms. The van der Waals surface area contributed by atoms with Gasteiger partial charge < -0.3 is 4.52 Å². The number of benzene rings is 2. The molecule has 0 fully saturated rings. The van der Waals surface area contributed by atoms with Crippen LogP contribution in [0.1, 0.15) is 11.5 Å². The first-order valence-corrected chi connectivity index (χ1v) is 12.5. The van der Waals surface area contributed by atoms with Gasteiger partial charge in [0.15, 0.2) is 10.7 Å². The molecular weight excluding hydrogens is 472 g/mol. The molecule has 0 bridgehead atoms. The highest BCUT2D eigenvalue weighted by Crippen LogP contribution is 2.28. The van der Waals surface area contributed by atoms with Gasteiger partial charge in [0.25, 0.3) is 25.8 Å². The maximum atomic E-state index is 12.7. The van der Waals surface area contributed by atoms with Crippen LogP contribution in [0.2, 0.25) is 0 Å². The van der Waals surface area contributed by atoms with Crippen molar-refractivity contribution in [2.24, 2.45) is 0 Å². The molecule has 13 heteroatoms. The predicted molar refractivity (Wildman–Crippen MR) is 112 cm³/mol. The summed E-state index contributed by atoms with van der Waals surface area (Å²) in [4.78, 5) is -0.0354. The zero-order chi connectivity index (χ0) is 22.8. The van der Waals surface area contributed by atoms with Gasteiger partial charge in [-0.15, -0.1) is 0 Å². The van der Waals surface area contributed by atoms with Crippen molar-refractivity contribution in [2.75, 3.05) is 9.44 Å². The van der Waals surface area contributed by atoms with E-state index in [2.05, 4.69) is 14.6 Å². The Hall–Kier alpha value is -2.64. The predicted octanol–water partition coefficient (Wildman–Crippen LogP) is 4.21. The van der Waals surface area contributed by atoms with Crippen LogP contribution < -0.4 is 9.44 Å². The van der Waals surface area contributed by atoms with Gasteiger partial charge in [0.05, 0.1) is 10.6 Å². The summed E-state index contributed by atoms with van der Waals surface area (Å²) >= 11 is 0.343. The molecule has 1 heterocycles. The summed E-state index contributed by atoms with van der Waals surface area (Å²) in [6, 6.07) is 10.6. The van der Waals surface area contributed by atoms with E-state index in [-0.39, 0.29) is 37.5 Å². The molecule has 0 atom stereocenters. The molecule has 2 N–H and O–H groups in total. The van der Waals surface area contributed by atoms with E-state index >= 15 is 0 Å². The van der Waals surface area contributed by atoms with E-state index in [1.54, 1.807) is 0 Å². The molecule has 166 valence electrons. The third kappa shape index (κ3) is 5.54. The lowest BCUT2D eigenvalue weighted by Crippen LogP contribution is -2.16. The first-order chi connectivity index (χ1) is 14.5. The number of thioether (sulfide) groups is 1. The molecule has 0 saturated heterocycles. The Kier molecular flexibility index (Phi) is 6.57. The molecular formula is C18H17F2N3O5S3. The SMILES string of the molecule is Cc1noc(C)c1S(=O)(=O)Nc1cccc(S(=O)(=O)Nc2ccc(SC(F)F)cc2)c1. The van der Waals surface area contributed by atoms with Gasteiger partial charge in [-0.2, -0.15) is 8.78 Å². The summed E-state index contributed by atoms with van der Waals surface area (Å²) in [5, 5.41) is 3.61. The van der Waals surface area contributed by atoms with Gasteiger partial charge in [0.2, 0.25) is 0 Å². The molecule has 2 aromatic carbocycles. The topological polar surface area (TPSA) is 118 Å². The Morgan fingerprint density at radius 3 is 2.16 bits per heavy atom. The average Bonchev–Trinajstić information content (AvgIpc) is 3.02.